The van der Waals surface area contributed by atoms with Crippen LogP contribution < -0.4 is 16.0 Å². The van der Waals surface area contributed by atoms with Gasteiger partial charge in [0.1, 0.15) is 12.4 Å². The highest BCUT2D eigenvalue weighted by Gasteiger charge is 2.20. The van der Waals surface area contributed by atoms with E-state index in [9.17, 15) is 9.18 Å². The van der Waals surface area contributed by atoms with E-state index in [1.54, 1.807) is 24.5 Å². The highest BCUT2D eigenvalue weighted by molar-refractivity contribution is 14.0. The predicted molar refractivity (Wildman–Crippen MR) is 113 cm³/mol. The number of carbonyl (C=O) groups excluding carboxylic acids is 1. The van der Waals surface area contributed by atoms with Gasteiger partial charge in [-0.05, 0) is 24.3 Å². The van der Waals surface area contributed by atoms with Crippen LogP contribution in [-0.4, -0.2) is 59.5 Å². The first-order chi connectivity index (χ1) is 12.6. The van der Waals surface area contributed by atoms with E-state index in [1.807, 2.05) is 4.90 Å². The van der Waals surface area contributed by atoms with Crippen LogP contribution in [0.4, 0.5) is 16.0 Å². The number of guanidine groups is 1. The number of hydrogen-bond acceptors (Lipinski definition) is 5. The van der Waals surface area contributed by atoms with Crippen LogP contribution in [0.25, 0.3) is 0 Å². The van der Waals surface area contributed by atoms with Crippen molar-refractivity contribution in [3.05, 3.63) is 48.5 Å². The molecule has 0 radical (unpaired) electrons. The maximum Gasteiger partial charge on any atom is 0.246 e. The Balaban J connectivity index is 0.00000261. The molecule has 1 aliphatic rings. The van der Waals surface area contributed by atoms with Crippen molar-refractivity contribution in [1.29, 1.82) is 0 Å². The molecule has 0 aliphatic carbocycles. The minimum Gasteiger partial charge on any atom is -0.370 e. The Morgan fingerprint density at radius 3 is 2.56 bits per heavy atom. The predicted octanol–water partition coefficient (Wildman–Crippen LogP) is 1.31. The number of piperazine rings is 1. The Kier molecular flexibility index (Phi) is 7.70. The van der Waals surface area contributed by atoms with E-state index in [0.29, 0.717) is 30.7 Å². The van der Waals surface area contributed by atoms with Gasteiger partial charge in [-0.25, -0.2) is 19.4 Å². The zero-order chi connectivity index (χ0) is 18.4. The maximum absolute atomic E-state index is 13.1. The molecule has 1 aromatic heterocycles. The second kappa shape index (κ2) is 10.00. The molecular weight excluding hydrogens is 464 g/mol. The molecule has 0 bridgehead atoms. The maximum atomic E-state index is 13.1. The number of amides is 1. The number of nitrogens with zero attached hydrogens (tertiary/aromatic N) is 5. The average molecular weight is 485 g/mol. The number of nitrogens with two attached hydrogens (primary N) is 1. The molecule has 27 heavy (non-hydrogen) atoms. The summed E-state index contributed by atoms with van der Waals surface area (Å²) in [6, 6.07) is 7.47. The number of rotatable bonds is 4. The molecule has 2 aromatic rings. The summed E-state index contributed by atoms with van der Waals surface area (Å²) in [6.07, 6.45) is 3.42. The molecule has 1 aromatic carbocycles. The molecule has 3 N–H and O–H groups in total. The monoisotopic (exact) mass is 485 g/mol. The third-order valence-electron chi connectivity index (χ3n) is 3.93. The number of benzene rings is 1. The molecule has 8 nitrogen and oxygen atoms in total. The van der Waals surface area contributed by atoms with Gasteiger partial charge in [-0.1, -0.05) is 6.07 Å². The zero-order valence-electron chi connectivity index (χ0n) is 14.6. The Morgan fingerprint density at radius 2 is 1.89 bits per heavy atom. The van der Waals surface area contributed by atoms with Crippen molar-refractivity contribution in [2.24, 2.45) is 10.7 Å². The van der Waals surface area contributed by atoms with Gasteiger partial charge in [0.15, 0.2) is 5.96 Å². The third kappa shape index (κ3) is 6.01. The van der Waals surface area contributed by atoms with Crippen molar-refractivity contribution in [3.8, 4) is 0 Å². The van der Waals surface area contributed by atoms with Crippen LogP contribution in [0.3, 0.4) is 0 Å². The fourth-order valence-corrected chi connectivity index (χ4v) is 2.61. The number of halogens is 2. The number of anilines is 2. The van der Waals surface area contributed by atoms with Crippen molar-refractivity contribution < 1.29 is 9.18 Å². The Hall–Kier alpha value is -2.50. The lowest BCUT2D eigenvalue weighted by Gasteiger charge is -2.35. The normalized spacial score (nSPS) is 14.5. The van der Waals surface area contributed by atoms with Gasteiger partial charge < -0.3 is 20.9 Å². The van der Waals surface area contributed by atoms with Gasteiger partial charge in [0.25, 0.3) is 0 Å². The first-order valence-electron chi connectivity index (χ1n) is 8.24. The second-order valence-corrected chi connectivity index (χ2v) is 5.76. The van der Waals surface area contributed by atoms with Crippen LogP contribution in [0, 0.1) is 5.82 Å². The van der Waals surface area contributed by atoms with Crippen LogP contribution in [0.2, 0.25) is 0 Å². The van der Waals surface area contributed by atoms with Crippen molar-refractivity contribution in [2.45, 2.75) is 0 Å². The van der Waals surface area contributed by atoms with Crippen molar-refractivity contribution in [3.63, 3.8) is 0 Å². The number of carbonyl (C=O) groups is 1. The minimum absolute atomic E-state index is 0. The topological polar surface area (TPSA) is 99.7 Å². The molecule has 10 heteroatoms. The minimum atomic E-state index is -0.411. The summed E-state index contributed by atoms with van der Waals surface area (Å²) >= 11 is 0. The Labute approximate surface area is 173 Å². The summed E-state index contributed by atoms with van der Waals surface area (Å²) < 4.78 is 13.1. The smallest absolute Gasteiger partial charge is 0.246 e. The van der Waals surface area contributed by atoms with Gasteiger partial charge in [0.05, 0.1) is 0 Å². The van der Waals surface area contributed by atoms with Crippen LogP contribution in [-0.2, 0) is 4.79 Å². The Morgan fingerprint density at radius 1 is 1.19 bits per heavy atom. The molecule has 2 heterocycles. The standard InChI is InChI=1S/C17H20FN7O.HI/c18-13-3-1-4-14(11-13)23-15(26)12-22-16(19)24-7-9-25(10-8-24)17-20-5-2-6-21-17;/h1-6,11H,7-10,12H2,(H2,19,22)(H,23,26);1H. The van der Waals surface area contributed by atoms with Gasteiger partial charge in [0.2, 0.25) is 11.9 Å². The molecule has 0 atom stereocenters. The van der Waals surface area contributed by atoms with E-state index in [-0.39, 0.29) is 36.4 Å². The van der Waals surface area contributed by atoms with E-state index in [4.69, 9.17) is 5.73 Å². The lowest BCUT2D eigenvalue weighted by atomic mass is 10.3. The fraction of sp³-hybridized carbons (Fsp3) is 0.294. The number of nitrogens with one attached hydrogen (secondary N) is 1. The highest BCUT2D eigenvalue weighted by atomic mass is 127. The van der Waals surface area contributed by atoms with Crippen LogP contribution >= 0.6 is 24.0 Å². The molecule has 1 aliphatic heterocycles. The third-order valence-corrected chi connectivity index (χ3v) is 3.93. The van der Waals surface area contributed by atoms with Gasteiger partial charge in [-0.3, -0.25) is 4.79 Å². The summed E-state index contributed by atoms with van der Waals surface area (Å²) in [6.45, 7) is 2.65. The summed E-state index contributed by atoms with van der Waals surface area (Å²) in [4.78, 5) is 28.5. The fourth-order valence-electron chi connectivity index (χ4n) is 2.61. The molecule has 1 fully saturated rings. The van der Waals surface area contributed by atoms with E-state index < -0.39 is 5.82 Å². The van der Waals surface area contributed by atoms with E-state index in [2.05, 4.69) is 25.2 Å². The van der Waals surface area contributed by atoms with Crippen molar-refractivity contribution in [1.82, 2.24) is 14.9 Å². The molecule has 144 valence electrons. The van der Waals surface area contributed by atoms with E-state index >= 15 is 0 Å². The molecule has 1 saturated heterocycles. The molecule has 0 saturated carbocycles. The van der Waals surface area contributed by atoms with Crippen LogP contribution in [0.15, 0.2) is 47.7 Å². The number of hydrogen-bond donors (Lipinski definition) is 2. The first-order valence-corrected chi connectivity index (χ1v) is 8.24. The first kappa shape index (κ1) is 20.8. The van der Waals surface area contributed by atoms with Crippen LogP contribution in [0.1, 0.15) is 0 Å². The van der Waals surface area contributed by atoms with E-state index in [0.717, 1.165) is 13.1 Å². The van der Waals surface area contributed by atoms with Gasteiger partial charge >= 0.3 is 0 Å². The lowest BCUT2D eigenvalue weighted by molar-refractivity contribution is -0.114. The largest absolute Gasteiger partial charge is 0.370 e. The number of aliphatic imine (C=N–C) groups is 1. The van der Waals surface area contributed by atoms with Gasteiger partial charge in [-0.2, -0.15) is 0 Å². The van der Waals surface area contributed by atoms with Crippen LogP contribution in [0.5, 0.6) is 0 Å². The Bertz CT molecular complexity index is 782. The molecular formula is C17H21FIN7O. The summed E-state index contributed by atoms with van der Waals surface area (Å²) in [7, 11) is 0. The summed E-state index contributed by atoms with van der Waals surface area (Å²) in [5.41, 5.74) is 6.37. The SMILES string of the molecule is I.NC(=NCC(=O)Nc1cccc(F)c1)N1CCN(c2ncccn2)CC1. The van der Waals surface area contributed by atoms with Gasteiger partial charge in [-0.15, -0.1) is 24.0 Å². The molecule has 1 amide bonds. The number of aromatic nitrogens is 2. The van der Waals surface area contributed by atoms with Gasteiger partial charge in [0, 0.05) is 44.3 Å². The summed E-state index contributed by atoms with van der Waals surface area (Å²) in [5.74, 6) is 0.242. The highest BCUT2D eigenvalue weighted by Crippen LogP contribution is 2.10. The molecule has 0 spiro atoms. The van der Waals surface area contributed by atoms with Crippen molar-refractivity contribution in [2.75, 3.05) is 42.9 Å². The molecule has 3 rings (SSSR count). The zero-order valence-corrected chi connectivity index (χ0v) is 16.9. The molecule has 0 unspecified atom stereocenters. The quantitative estimate of drug-likeness (QED) is 0.385. The van der Waals surface area contributed by atoms with E-state index in [1.165, 1.54) is 18.2 Å². The summed E-state index contributed by atoms with van der Waals surface area (Å²) in [5, 5.41) is 2.58. The lowest BCUT2D eigenvalue weighted by Crippen LogP contribution is -2.51. The second-order valence-electron chi connectivity index (χ2n) is 5.76. The average Bonchev–Trinajstić information content (AvgIpc) is 2.67. The van der Waals surface area contributed by atoms with Crippen molar-refractivity contribution >= 4 is 47.5 Å².